The van der Waals surface area contributed by atoms with Crippen LogP contribution in [0.2, 0.25) is 0 Å². The SMILES string of the molecule is CC1=C(c2cnc(CC(=O)c3c(F)cccc3F)cn2)CN(c2ncccc2Br)CC1. The molecule has 0 bridgehead atoms. The van der Waals surface area contributed by atoms with Crippen LogP contribution in [0.3, 0.4) is 0 Å². The average Bonchev–Trinajstić information content (AvgIpc) is 2.75. The molecule has 3 aromatic rings. The van der Waals surface area contributed by atoms with Gasteiger partial charge in [0.25, 0.3) is 0 Å². The molecule has 0 saturated carbocycles. The Balaban J connectivity index is 1.52. The minimum absolute atomic E-state index is 0.226. The van der Waals surface area contributed by atoms with Crippen LogP contribution in [0.4, 0.5) is 14.6 Å². The number of benzene rings is 1. The zero-order valence-electron chi connectivity index (χ0n) is 16.8. The summed E-state index contributed by atoms with van der Waals surface area (Å²) >= 11 is 3.55. The Morgan fingerprint density at radius 1 is 1.10 bits per heavy atom. The fourth-order valence-corrected chi connectivity index (χ4v) is 4.07. The molecule has 1 aromatic carbocycles. The van der Waals surface area contributed by atoms with Gasteiger partial charge in [0.15, 0.2) is 5.78 Å². The van der Waals surface area contributed by atoms with Crippen LogP contribution in [-0.4, -0.2) is 33.8 Å². The summed E-state index contributed by atoms with van der Waals surface area (Å²) in [5.74, 6) is -1.55. The molecule has 4 rings (SSSR count). The summed E-state index contributed by atoms with van der Waals surface area (Å²) in [6, 6.07) is 7.18. The minimum atomic E-state index is -0.877. The zero-order chi connectivity index (χ0) is 22.0. The van der Waals surface area contributed by atoms with Gasteiger partial charge in [-0.25, -0.2) is 13.8 Å². The molecule has 0 spiro atoms. The summed E-state index contributed by atoms with van der Waals surface area (Å²) in [6.07, 6.45) is 5.50. The highest BCUT2D eigenvalue weighted by atomic mass is 79.9. The predicted molar refractivity (Wildman–Crippen MR) is 118 cm³/mol. The van der Waals surface area contributed by atoms with Crippen molar-refractivity contribution in [1.82, 2.24) is 15.0 Å². The number of carbonyl (C=O) groups is 1. The third-order valence-electron chi connectivity index (χ3n) is 5.26. The zero-order valence-corrected chi connectivity index (χ0v) is 18.4. The van der Waals surface area contributed by atoms with E-state index < -0.39 is 23.0 Å². The predicted octanol–water partition coefficient (Wildman–Crippen LogP) is 5.02. The van der Waals surface area contributed by atoms with Crippen LogP contribution in [0, 0.1) is 11.6 Å². The van der Waals surface area contributed by atoms with Crippen molar-refractivity contribution in [2.45, 2.75) is 19.8 Å². The second kappa shape index (κ2) is 9.01. The lowest BCUT2D eigenvalue weighted by Crippen LogP contribution is -2.32. The molecule has 0 atom stereocenters. The first-order chi connectivity index (χ1) is 14.9. The molecule has 0 aliphatic carbocycles. The van der Waals surface area contributed by atoms with E-state index in [9.17, 15) is 13.6 Å². The topological polar surface area (TPSA) is 59.0 Å². The van der Waals surface area contributed by atoms with E-state index in [2.05, 4.69) is 42.7 Å². The maximum Gasteiger partial charge on any atom is 0.174 e. The number of hydrogen-bond donors (Lipinski definition) is 0. The molecule has 158 valence electrons. The smallest absolute Gasteiger partial charge is 0.174 e. The number of pyridine rings is 1. The molecule has 1 aliphatic rings. The van der Waals surface area contributed by atoms with Gasteiger partial charge in [-0.05, 0) is 59.1 Å². The quantitative estimate of drug-likeness (QED) is 0.475. The molecule has 0 fully saturated rings. The number of ketones is 1. The number of nitrogens with zero attached hydrogens (tertiary/aromatic N) is 4. The van der Waals surface area contributed by atoms with Crippen LogP contribution < -0.4 is 4.90 Å². The molecule has 2 aromatic heterocycles. The van der Waals surface area contributed by atoms with Gasteiger partial charge in [-0.2, -0.15) is 0 Å². The van der Waals surface area contributed by atoms with Crippen molar-refractivity contribution in [2.75, 3.05) is 18.0 Å². The normalized spacial score (nSPS) is 14.1. The fraction of sp³-hybridized carbons (Fsp3) is 0.217. The standard InChI is InChI=1S/C23H19BrF2N4O/c1-14-7-9-30(23-17(24)4-3-8-27-23)13-16(14)20-12-28-15(11-29-20)10-21(31)22-18(25)5-2-6-19(22)26/h2-6,8,11-12H,7,9-10,13H2,1H3. The van der Waals surface area contributed by atoms with Crippen LogP contribution in [0.1, 0.15) is 35.1 Å². The number of halogens is 3. The van der Waals surface area contributed by atoms with E-state index in [4.69, 9.17) is 0 Å². The van der Waals surface area contributed by atoms with Crippen LogP contribution in [0.15, 0.2) is 59.0 Å². The van der Waals surface area contributed by atoms with E-state index in [0.29, 0.717) is 17.9 Å². The van der Waals surface area contributed by atoms with E-state index in [-0.39, 0.29) is 6.42 Å². The summed E-state index contributed by atoms with van der Waals surface area (Å²) in [5.41, 5.74) is 2.79. The molecule has 8 heteroatoms. The monoisotopic (exact) mass is 484 g/mol. The van der Waals surface area contributed by atoms with Crippen molar-refractivity contribution < 1.29 is 13.6 Å². The van der Waals surface area contributed by atoms with Gasteiger partial charge in [-0.1, -0.05) is 11.6 Å². The second-order valence-electron chi connectivity index (χ2n) is 7.33. The summed E-state index contributed by atoms with van der Waals surface area (Å²) in [4.78, 5) is 27.8. The van der Waals surface area contributed by atoms with Gasteiger partial charge >= 0.3 is 0 Å². The Bertz CT molecular complexity index is 1140. The van der Waals surface area contributed by atoms with Gasteiger partial charge in [-0.15, -0.1) is 0 Å². The van der Waals surface area contributed by atoms with Crippen molar-refractivity contribution >= 4 is 33.1 Å². The molecule has 0 unspecified atom stereocenters. The van der Waals surface area contributed by atoms with E-state index >= 15 is 0 Å². The minimum Gasteiger partial charge on any atom is -0.351 e. The maximum atomic E-state index is 13.8. The van der Waals surface area contributed by atoms with E-state index in [1.807, 2.05) is 12.1 Å². The Hall–Kier alpha value is -3.00. The summed E-state index contributed by atoms with van der Waals surface area (Å²) in [5, 5.41) is 0. The lowest BCUT2D eigenvalue weighted by molar-refractivity contribution is 0.0983. The number of hydrogen-bond acceptors (Lipinski definition) is 5. The number of anilines is 1. The number of Topliss-reactive ketones (excluding diaryl/α,β-unsaturated/α-hetero) is 1. The van der Waals surface area contributed by atoms with Gasteiger partial charge in [0.1, 0.15) is 17.5 Å². The van der Waals surface area contributed by atoms with Crippen LogP contribution in [0.25, 0.3) is 5.57 Å². The Kier molecular flexibility index (Phi) is 6.18. The van der Waals surface area contributed by atoms with Crippen LogP contribution in [0.5, 0.6) is 0 Å². The van der Waals surface area contributed by atoms with Gasteiger partial charge in [0.2, 0.25) is 0 Å². The first-order valence-electron chi connectivity index (χ1n) is 9.76. The summed E-state index contributed by atoms with van der Waals surface area (Å²) < 4.78 is 28.6. The lowest BCUT2D eigenvalue weighted by Gasteiger charge is -2.31. The third-order valence-corrected chi connectivity index (χ3v) is 5.88. The molecule has 3 heterocycles. The van der Waals surface area contributed by atoms with Gasteiger partial charge in [0.05, 0.1) is 34.0 Å². The Morgan fingerprint density at radius 2 is 1.87 bits per heavy atom. The molecule has 1 aliphatic heterocycles. The lowest BCUT2D eigenvalue weighted by atomic mass is 9.99. The van der Waals surface area contributed by atoms with Gasteiger partial charge in [-0.3, -0.25) is 14.8 Å². The van der Waals surface area contributed by atoms with E-state index in [1.54, 1.807) is 12.4 Å². The van der Waals surface area contributed by atoms with Crippen molar-refractivity contribution in [3.8, 4) is 0 Å². The molecular weight excluding hydrogens is 466 g/mol. The van der Waals surface area contributed by atoms with Crippen molar-refractivity contribution in [1.29, 1.82) is 0 Å². The number of aromatic nitrogens is 3. The molecule has 0 N–H and O–H groups in total. The van der Waals surface area contributed by atoms with Gasteiger partial charge < -0.3 is 4.90 Å². The highest BCUT2D eigenvalue weighted by Gasteiger charge is 2.22. The van der Waals surface area contributed by atoms with Crippen LogP contribution >= 0.6 is 15.9 Å². The highest BCUT2D eigenvalue weighted by molar-refractivity contribution is 9.10. The molecule has 0 saturated heterocycles. The largest absolute Gasteiger partial charge is 0.351 e. The maximum absolute atomic E-state index is 13.8. The molecular formula is C23H19BrF2N4O. The van der Waals surface area contributed by atoms with Crippen molar-refractivity contribution in [3.05, 3.63) is 87.6 Å². The Labute approximate surface area is 187 Å². The van der Waals surface area contributed by atoms with Gasteiger partial charge in [0, 0.05) is 25.5 Å². The molecule has 0 radical (unpaired) electrons. The van der Waals surface area contributed by atoms with E-state index in [1.165, 1.54) is 17.8 Å². The fourth-order valence-electron chi connectivity index (χ4n) is 3.57. The number of carbonyl (C=O) groups excluding carboxylic acids is 1. The van der Waals surface area contributed by atoms with E-state index in [0.717, 1.165) is 41.0 Å². The highest BCUT2D eigenvalue weighted by Crippen LogP contribution is 2.31. The van der Waals surface area contributed by atoms with Crippen molar-refractivity contribution in [2.24, 2.45) is 0 Å². The summed E-state index contributed by atoms with van der Waals surface area (Å²) in [6.45, 7) is 3.55. The molecule has 0 amide bonds. The Morgan fingerprint density at radius 3 is 2.55 bits per heavy atom. The molecule has 31 heavy (non-hydrogen) atoms. The second-order valence-corrected chi connectivity index (χ2v) is 8.18. The molecule has 5 nitrogen and oxygen atoms in total. The first-order valence-corrected chi connectivity index (χ1v) is 10.6. The third kappa shape index (κ3) is 4.54. The van der Waals surface area contributed by atoms with Crippen LogP contribution in [-0.2, 0) is 6.42 Å². The summed E-state index contributed by atoms with van der Waals surface area (Å²) in [7, 11) is 0. The van der Waals surface area contributed by atoms with Crippen molar-refractivity contribution in [3.63, 3.8) is 0 Å². The number of rotatable bonds is 5. The first kappa shape index (κ1) is 21.2. The average molecular weight is 485 g/mol.